The lowest BCUT2D eigenvalue weighted by Crippen LogP contribution is -2.16. The van der Waals surface area contributed by atoms with Crippen LogP contribution < -0.4 is 5.32 Å². The third-order valence-corrected chi connectivity index (χ3v) is 4.95. The first-order valence-corrected chi connectivity index (χ1v) is 8.82. The number of imidazole rings is 1. The van der Waals surface area contributed by atoms with Crippen LogP contribution >= 0.6 is 0 Å². The number of rotatable bonds is 4. The van der Waals surface area contributed by atoms with Crippen molar-refractivity contribution in [2.24, 2.45) is 0 Å². The van der Waals surface area contributed by atoms with Gasteiger partial charge in [0.2, 0.25) is 0 Å². The van der Waals surface area contributed by atoms with Crippen molar-refractivity contribution < 1.29 is 5.11 Å². The van der Waals surface area contributed by atoms with E-state index in [4.69, 9.17) is 4.98 Å². The third-order valence-electron chi connectivity index (χ3n) is 4.95. The molecule has 24 heavy (non-hydrogen) atoms. The van der Waals surface area contributed by atoms with Crippen LogP contribution in [0.25, 0.3) is 16.9 Å². The van der Waals surface area contributed by atoms with E-state index in [-0.39, 0.29) is 5.75 Å². The van der Waals surface area contributed by atoms with Gasteiger partial charge >= 0.3 is 0 Å². The summed E-state index contributed by atoms with van der Waals surface area (Å²) >= 11 is 0. The van der Waals surface area contributed by atoms with Gasteiger partial charge in [-0.15, -0.1) is 0 Å². The Hall–Kier alpha value is -2.49. The van der Waals surface area contributed by atoms with Crippen LogP contribution in [0.2, 0.25) is 0 Å². The zero-order chi connectivity index (χ0) is 16.5. The van der Waals surface area contributed by atoms with Crippen LogP contribution in [0.5, 0.6) is 5.75 Å². The molecular formula is C20H23N3O. The van der Waals surface area contributed by atoms with Crippen LogP contribution in [-0.4, -0.2) is 20.5 Å². The van der Waals surface area contributed by atoms with E-state index in [1.165, 1.54) is 31.2 Å². The van der Waals surface area contributed by atoms with Gasteiger partial charge in [0.15, 0.2) is 0 Å². The number of hydrogen-bond acceptors (Lipinski definition) is 3. The highest BCUT2D eigenvalue weighted by Gasteiger charge is 2.21. The van der Waals surface area contributed by atoms with Crippen LogP contribution in [0.3, 0.4) is 0 Å². The van der Waals surface area contributed by atoms with Gasteiger partial charge < -0.3 is 10.4 Å². The Balaban J connectivity index is 1.88. The molecule has 4 nitrogen and oxygen atoms in total. The second kappa shape index (κ2) is 6.19. The number of nitrogens with zero attached hydrogens (tertiary/aromatic N) is 2. The SMILES string of the molecule is CCc1ccn2c(NC3CCCC3)c(-c3ccccc3O)nc2c1. The largest absolute Gasteiger partial charge is 0.507 e. The first kappa shape index (κ1) is 15.1. The number of nitrogens with one attached hydrogen (secondary N) is 1. The molecule has 1 aliphatic carbocycles. The van der Waals surface area contributed by atoms with Crippen molar-refractivity contribution in [1.29, 1.82) is 0 Å². The molecule has 1 aromatic carbocycles. The summed E-state index contributed by atoms with van der Waals surface area (Å²) in [5.41, 5.74) is 3.80. The van der Waals surface area contributed by atoms with Gasteiger partial charge in [-0.1, -0.05) is 31.9 Å². The molecule has 0 atom stereocenters. The minimum atomic E-state index is 0.270. The number of anilines is 1. The van der Waals surface area contributed by atoms with Crippen LogP contribution in [0.4, 0.5) is 5.82 Å². The molecule has 1 fully saturated rings. The Bertz CT molecular complexity index is 862. The van der Waals surface area contributed by atoms with E-state index in [1.54, 1.807) is 6.07 Å². The molecule has 0 radical (unpaired) electrons. The molecule has 0 saturated heterocycles. The summed E-state index contributed by atoms with van der Waals surface area (Å²) in [7, 11) is 0. The van der Waals surface area contributed by atoms with E-state index < -0.39 is 0 Å². The Morgan fingerprint density at radius 2 is 2.00 bits per heavy atom. The molecule has 2 N–H and O–H groups in total. The fourth-order valence-corrected chi connectivity index (χ4v) is 3.57. The van der Waals surface area contributed by atoms with Crippen LogP contribution in [-0.2, 0) is 6.42 Å². The summed E-state index contributed by atoms with van der Waals surface area (Å²) in [4.78, 5) is 4.83. The van der Waals surface area contributed by atoms with Crippen molar-refractivity contribution in [2.75, 3.05) is 5.32 Å². The smallest absolute Gasteiger partial charge is 0.139 e. The van der Waals surface area contributed by atoms with Crippen LogP contribution in [0.1, 0.15) is 38.2 Å². The van der Waals surface area contributed by atoms with Crippen molar-refractivity contribution >= 4 is 11.5 Å². The number of phenols is 1. The molecule has 4 heteroatoms. The molecule has 2 aromatic heterocycles. The topological polar surface area (TPSA) is 49.6 Å². The average molecular weight is 321 g/mol. The summed E-state index contributed by atoms with van der Waals surface area (Å²) in [6, 6.07) is 12.2. The zero-order valence-corrected chi connectivity index (χ0v) is 14.0. The Morgan fingerprint density at radius 1 is 1.21 bits per heavy atom. The van der Waals surface area contributed by atoms with Crippen molar-refractivity contribution in [3.8, 4) is 17.0 Å². The Kier molecular flexibility index (Phi) is 3.89. The number of phenolic OH excluding ortho intramolecular Hbond substituents is 1. The second-order valence-electron chi connectivity index (χ2n) is 6.57. The summed E-state index contributed by atoms with van der Waals surface area (Å²) in [5, 5.41) is 14.0. The minimum Gasteiger partial charge on any atom is -0.507 e. The molecular weight excluding hydrogens is 298 g/mol. The normalized spacial score (nSPS) is 15.2. The monoisotopic (exact) mass is 321 g/mol. The van der Waals surface area contributed by atoms with Gasteiger partial charge in [-0.2, -0.15) is 0 Å². The molecule has 0 unspecified atom stereocenters. The van der Waals surface area contributed by atoms with Gasteiger partial charge in [-0.3, -0.25) is 4.40 Å². The van der Waals surface area contributed by atoms with Crippen molar-refractivity contribution in [3.05, 3.63) is 48.2 Å². The summed E-state index contributed by atoms with van der Waals surface area (Å²) in [6.07, 6.45) is 8.02. The van der Waals surface area contributed by atoms with Crippen LogP contribution in [0, 0.1) is 0 Å². The molecule has 1 saturated carbocycles. The number of para-hydroxylation sites is 1. The maximum absolute atomic E-state index is 10.3. The highest BCUT2D eigenvalue weighted by Crippen LogP contribution is 2.36. The summed E-state index contributed by atoms with van der Waals surface area (Å²) in [6.45, 7) is 2.15. The van der Waals surface area contributed by atoms with Crippen molar-refractivity contribution in [1.82, 2.24) is 9.38 Å². The number of benzene rings is 1. The number of aryl methyl sites for hydroxylation is 1. The number of aromatic nitrogens is 2. The van der Waals surface area contributed by atoms with Crippen molar-refractivity contribution in [3.63, 3.8) is 0 Å². The molecule has 2 heterocycles. The van der Waals surface area contributed by atoms with Gasteiger partial charge in [0.05, 0.1) is 0 Å². The maximum atomic E-state index is 10.3. The fraction of sp³-hybridized carbons (Fsp3) is 0.350. The van der Waals surface area contributed by atoms with Crippen LogP contribution in [0.15, 0.2) is 42.6 Å². The molecule has 0 spiro atoms. The molecule has 1 aliphatic rings. The lowest BCUT2D eigenvalue weighted by Gasteiger charge is -2.15. The predicted molar refractivity (Wildman–Crippen MR) is 97.5 cm³/mol. The van der Waals surface area contributed by atoms with E-state index in [0.29, 0.717) is 6.04 Å². The van der Waals surface area contributed by atoms with E-state index in [2.05, 4.69) is 35.0 Å². The van der Waals surface area contributed by atoms with Gasteiger partial charge in [-0.05, 0) is 49.1 Å². The number of pyridine rings is 1. The number of hydrogen-bond donors (Lipinski definition) is 2. The molecule has 0 amide bonds. The van der Waals surface area contributed by atoms with Gasteiger partial charge in [-0.25, -0.2) is 4.98 Å². The fourth-order valence-electron chi connectivity index (χ4n) is 3.57. The third kappa shape index (κ3) is 2.62. The lowest BCUT2D eigenvalue weighted by molar-refractivity contribution is 0.477. The quantitative estimate of drug-likeness (QED) is 0.737. The van der Waals surface area contributed by atoms with Gasteiger partial charge in [0, 0.05) is 17.8 Å². The first-order chi connectivity index (χ1) is 11.8. The number of fused-ring (bicyclic) bond motifs is 1. The lowest BCUT2D eigenvalue weighted by atomic mass is 10.1. The summed E-state index contributed by atoms with van der Waals surface area (Å²) in [5.74, 6) is 1.26. The van der Waals surface area contributed by atoms with E-state index in [0.717, 1.165) is 29.1 Å². The first-order valence-electron chi connectivity index (χ1n) is 8.82. The molecule has 0 bridgehead atoms. The Labute approximate surface area is 142 Å². The molecule has 0 aliphatic heterocycles. The standard InChI is InChI=1S/C20H23N3O/c1-2-14-11-12-23-18(13-14)22-19(16-9-5-6-10-17(16)24)20(23)21-15-7-3-4-8-15/h5-6,9-13,15,21,24H,2-4,7-8H2,1H3. The van der Waals surface area contributed by atoms with Crippen molar-refractivity contribution in [2.45, 2.75) is 45.1 Å². The van der Waals surface area contributed by atoms with Gasteiger partial charge in [0.25, 0.3) is 0 Å². The molecule has 124 valence electrons. The average Bonchev–Trinajstić information content (AvgIpc) is 3.23. The van der Waals surface area contributed by atoms with E-state index in [9.17, 15) is 5.11 Å². The summed E-state index contributed by atoms with van der Waals surface area (Å²) < 4.78 is 2.11. The predicted octanol–water partition coefficient (Wildman–Crippen LogP) is 4.62. The maximum Gasteiger partial charge on any atom is 0.139 e. The molecule has 3 aromatic rings. The number of aromatic hydroxyl groups is 1. The zero-order valence-electron chi connectivity index (χ0n) is 14.0. The highest BCUT2D eigenvalue weighted by atomic mass is 16.3. The van der Waals surface area contributed by atoms with Gasteiger partial charge in [0.1, 0.15) is 22.9 Å². The van der Waals surface area contributed by atoms with E-state index >= 15 is 0 Å². The van der Waals surface area contributed by atoms with E-state index in [1.807, 2.05) is 18.2 Å². The molecule has 4 rings (SSSR count). The minimum absolute atomic E-state index is 0.270. The Morgan fingerprint density at radius 3 is 2.75 bits per heavy atom. The second-order valence-corrected chi connectivity index (χ2v) is 6.57. The highest BCUT2D eigenvalue weighted by molar-refractivity contribution is 5.80.